The van der Waals surface area contributed by atoms with Gasteiger partial charge in [0.25, 0.3) is 0 Å². The van der Waals surface area contributed by atoms with Gasteiger partial charge in [0.15, 0.2) is 0 Å². The number of aryl methyl sites for hydroxylation is 1. The molecule has 5 nitrogen and oxygen atoms in total. The molecule has 0 aliphatic heterocycles. The molecule has 1 aromatic heterocycles. The molecule has 0 saturated heterocycles. The maximum Gasteiger partial charge on any atom is 0.338 e. The molecule has 0 spiro atoms. The standard InChI is InChI=1S/C15H13N3O2/c1-2-10-5-3-6-11(9-10)18-13-8-4-7-12(15(19)20)14(13)16-17-18/h3-9H,2H2,1H3,(H,19,20). The van der Waals surface area contributed by atoms with Crippen LogP contribution in [0.2, 0.25) is 0 Å². The SMILES string of the molecule is CCc1cccc(-n2nnc3c(C(=O)O)cccc32)c1. The zero-order chi connectivity index (χ0) is 14.1. The van der Waals surface area contributed by atoms with E-state index >= 15 is 0 Å². The first-order chi connectivity index (χ1) is 9.70. The van der Waals surface area contributed by atoms with Gasteiger partial charge in [-0.25, -0.2) is 9.48 Å². The van der Waals surface area contributed by atoms with Crippen LogP contribution < -0.4 is 0 Å². The fourth-order valence-corrected chi connectivity index (χ4v) is 2.22. The van der Waals surface area contributed by atoms with Gasteiger partial charge in [0.05, 0.1) is 16.8 Å². The van der Waals surface area contributed by atoms with E-state index in [0.717, 1.165) is 12.1 Å². The largest absolute Gasteiger partial charge is 0.478 e. The predicted molar refractivity (Wildman–Crippen MR) is 75.2 cm³/mol. The number of aromatic carboxylic acids is 1. The predicted octanol–water partition coefficient (Wildman–Crippen LogP) is 2.68. The lowest BCUT2D eigenvalue weighted by molar-refractivity contribution is 0.0699. The van der Waals surface area contributed by atoms with Gasteiger partial charge in [-0.15, -0.1) is 5.10 Å². The third-order valence-corrected chi connectivity index (χ3v) is 3.27. The van der Waals surface area contributed by atoms with E-state index in [4.69, 9.17) is 5.11 Å². The molecule has 100 valence electrons. The number of nitrogens with zero attached hydrogens (tertiary/aromatic N) is 3. The highest BCUT2D eigenvalue weighted by molar-refractivity contribution is 6.00. The molecule has 0 radical (unpaired) electrons. The smallest absolute Gasteiger partial charge is 0.338 e. The highest BCUT2D eigenvalue weighted by Crippen LogP contribution is 2.20. The minimum atomic E-state index is -0.995. The molecule has 0 bridgehead atoms. The van der Waals surface area contributed by atoms with Crippen molar-refractivity contribution in [3.8, 4) is 5.69 Å². The molecule has 3 rings (SSSR count). The van der Waals surface area contributed by atoms with E-state index < -0.39 is 5.97 Å². The number of hydrogen-bond acceptors (Lipinski definition) is 3. The number of carboxylic acids is 1. The summed E-state index contributed by atoms with van der Waals surface area (Å²) in [6, 6.07) is 13.0. The Morgan fingerprint density at radius 2 is 2.05 bits per heavy atom. The topological polar surface area (TPSA) is 68.0 Å². The zero-order valence-electron chi connectivity index (χ0n) is 10.9. The summed E-state index contributed by atoms with van der Waals surface area (Å²) in [6.45, 7) is 2.08. The number of aromatic nitrogens is 3. The maximum atomic E-state index is 11.2. The third-order valence-electron chi connectivity index (χ3n) is 3.27. The molecule has 1 heterocycles. The van der Waals surface area contributed by atoms with Crippen molar-refractivity contribution in [3.63, 3.8) is 0 Å². The maximum absolute atomic E-state index is 11.2. The molecule has 3 aromatic rings. The molecule has 1 N–H and O–H groups in total. The summed E-state index contributed by atoms with van der Waals surface area (Å²) in [7, 11) is 0. The summed E-state index contributed by atoms with van der Waals surface area (Å²) in [6.07, 6.45) is 0.931. The van der Waals surface area contributed by atoms with Gasteiger partial charge in [-0.3, -0.25) is 0 Å². The van der Waals surface area contributed by atoms with E-state index in [0.29, 0.717) is 11.0 Å². The lowest BCUT2D eigenvalue weighted by Gasteiger charge is -2.04. The lowest BCUT2D eigenvalue weighted by Crippen LogP contribution is -1.99. The molecule has 5 heteroatoms. The second-order valence-electron chi connectivity index (χ2n) is 4.50. The van der Waals surface area contributed by atoms with Crippen LogP contribution in [0.3, 0.4) is 0 Å². The van der Waals surface area contributed by atoms with Crippen molar-refractivity contribution in [3.05, 3.63) is 53.6 Å². The van der Waals surface area contributed by atoms with Crippen LogP contribution >= 0.6 is 0 Å². The Balaban J connectivity index is 2.22. The summed E-state index contributed by atoms with van der Waals surface area (Å²) >= 11 is 0. The number of carbonyl (C=O) groups is 1. The Bertz CT molecular complexity index is 793. The van der Waals surface area contributed by atoms with E-state index in [-0.39, 0.29) is 5.56 Å². The molecular weight excluding hydrogens is 254 g/mol. The van der Waals surface area contributed by atoms with Gasteiger partial charge in [0.2, 0.25) is 0 Å². The van der Waals surface area contributed by atoms with Crippen molar-refractivity contribution in [2.24, 2.45) is 0 Å². The fraction of sp³-hybridized carbons (Fsp3) is 0.133. The first kappa shape index (κ1) is 12.3. The van der Waals surface area contributed by atoms with E-state index in [2.05, 4.69) is 17.2 Å². The summed E-state index contributed by atoms with van der Waals surface area (Å²) in [4.78, 5) is 11.2. The molecule has 0 amide bonds. The van der Waals surface area contributed by atoms with Crippen molar-refractivity contribution < 1.29 is 9.90 Å². The van der Waals surface area contributed by atoms with E-state index in [9.17, 15) is 4.79 Å². The highest BCUT2D eigenvalue weighted by atomic mass is 16.4. The average Bonchev–Trinajstić information content (AvgIpc) is 2.91. The molecule has 0 aliphatic rings. The Kier molecular flexibility index (Phi) is 2.95. The Morgan fingerprint density at radius 3 is 2.80 bits per heavy atom. The monoisotopic (exact) mass is 267 g/mol. The summed E-state index contributed by atoms with van der Waals surface area (Å²) in [5.74, 6) is -0.995. The molecule has 0 unspecified atom stereocenters. The number of fused-ring (bicyclic) bond motifs is 1. The Morgan fingerprint density at radius 1 is 1.25 bits per heavy atom. The molecular formula is C15H13N3O2. The van der Waals surface area contributed by atoms with Crippen molar-refractivity contribution in [2.75, 3.05) is 0 Å². The third kappa shape index (κ3) is 1.93. The van der Waals surface area contributed by atoms with Crippen LogP contribution in [0.25, 0.3) is 16.7 Å². The van der Waals surface area contributed by atoms with Crippen molar-refractivity contribution in [1.29, 1.82) is 0 Å². The van der Waals surface area contributed by atoms with Gasteiger partial charge in [0.1, 0.15) is 5.52 Å². The number of carboxylic acid groups (broad SMARTS) is 1. The fourth-order valence-electron chi connectivity index (χ4n) is 2.22. The van der Waals surface area contributed by atoms with Gasteiger partial charge < -0.3 is 5.11 Å². The molecule has 2 aromatic carbocycles. The minimum absolute atomic E-state index is 0.167. The van der Waals surface area contributed by atoms with Gasteiger partial charge in [0, 0.05) is 0 Å². The van der Waals surface area contributed by atoms with Crippen molar-refractivity contribution in [1.82, 2.24) is 15.0 Å². The summed E-state index contributed by atoms with van der Waals surface area (Å²) < 4.78 is 1.67. The molecule has 0 fully saturated rings. The first-order valence-corrected chi connectivity index (χ1v) is 6.37. The molecule has 0 atom stereocenters. The summed E-state index contributed by atoms with van der Waals surface area (Å²) in [5, 5.41) is 17.3. The Hall–Kier alpha value is -2.69. The van der Waals surface area contributed by atoms with Gasteiger partial charge in [-0.1, -0.05) is 30.3 Å². The molecule has 0 saturated carbocycles. The zero-order valence-corrected chi connectivity index (χ0v) is 10.9. The second kappa shape index (κ2) is 4.77. The van der Waals surface area contributed by atoms with Crippen LogP contribution in [0.5, 0.6) is 0 Å². The molecule has 20 heavy (non-hydrogen) atoms. The van der Waals surface area contributed by atoms with Gasteiger partial charge >= 0.3 is 5.97 Å². The normalized spacial score (nSPS) is 10.8. The lowest BCUT2D eigenvalue weighted by atomic mass is 10.1. The van der Waals surface area contributed by atoms with Crippen LogP contribution in [0.15, 0.2) is 42.5 Å². The number of rotatable bonds is 3. The molecule has 0 aliphatic carbocycles. The quantitative estimate of drug-likeness (QED) is 0.792. The van der Waals surface area contributed by atoms with E-state index in [1.54, 1.807) is 10.7 Å². The first-order valence-electron chi connectivity index (χ1n) is 6.37. The van der Waals surface area contributed by atoms with Gasteiger partial charge in [-0.05, 0) is 36.2 Å². The summed E-state index contributed by atoms with van der Waals surface area (Å²) in [5.41, 5.74) is 3.34. The number of hydrogen-bond donors (Lipinski definition) is 1. The highest BCUT2D eigenvalue weighted by Gasteiger charge is 2.14. The van der Waals surface area contributed by atoms with Crippen LogP contribution in [0.1, 0.15) is 22.8 Å². The van der Waals surface area contributed by atoms with Crippen LogP contribution in [-0.4, -0.2) is 26.1 Å². The Labute approximate surface area is 115 Å². The second-order valence-corrected chi connectivity index (χ2v) is 4.50. The van der Waals surface area contributed by atoms with Crippen LogP contribution in [0.4, 0.5) is 0 Å². The van der Waals surface area contributed by atoms with E-state index in [1.165, 1.54) is 11.6 Å². The number of benzene rings is 2. The van der Waals surface area contributed by atoms with Crippen LogP contribution in [0, 0.1) is 0 Å². The van der Waals surface area contributed by atoms with E-state index in [1.807, 2.05) is 30.3 Å². The van der Waals surface area contributed by atoms with Crippen molar-refractivity contribution >= 4 is 17.0 Å². The van der Waals surface area contributed by atoms with Crippen molar-refractivity contribution in [2.45, 2.75) is 13.3 Å². The minimum Gasteiger partial charge on any atom is -0.478 e. The average molecular weight is 267 g/mol. The van der Waals surface area contributed by atoms with Crippen LogP contribution in [-0.2, 0) is 6.42 Å². The van der Waals surface area contributed by atoms with Gasteiger partial charge in [-0.2, -0.15) is 0 Å².